The lowest BCUT2D eigenvalue weighted by molar-refractivity contribution is 0.218. The van der Waals surface area contributed by atoms with E-state index in [9.17, 15) is 0 Å². The van der Waals surface area contributed by atoms with E-state index in [1.807, 2.05) is 18.5 Å². The van der Waals surface area contributed by atoms with Gasteiger partial charge in [0.2, 0.25) is 0 Å². The maximum atomic E-state index is 5.61. The minimum atomic E-state index is 0.204. The number of aromatic nitrogens is 1. The van der Waals surface area contributed by atoms with Crippen LogP contribution in [0.1, 0.15) is 24.8 Å². The minimum absolute atomic E-state index is 0.204. The lowest BCUT2D eigenvalue weighted by atomic mass is 9.97. The predicted octanol–water partition coefficient (Wildman–Crippen LogP) is 1.54. The minimum Gasteiger partial charge on any atom is -0.501 e. The molecule has 0 aromatic carbocycles. The van der Waals surface area contributed by atoms with E-state index in [-0.39, 0.29) is 6.04 Å². The summed E-state index contributed by atoms with van der Waals surface area (Å²) in [6.07, 6.45) is 9.65. The molecule has 0 saturated carbocycles. The first-order chi connectivity index (χ1) is 8.40. The van der Waals surface area contributed by atoms with Crippen LogP contribution in [0.15, 0.2) is 36.4 Å². The number of nitrogens with zero attached hydrogens (tertiary/aromatic N) is 1. The Hall–Kier alpha value is -1.39. The second kappa shape index (κ2) is 6.37. The molecular formula is C13H19N3O. The van der Waals surface area contributed by atoms with Gasteiger partial charge < -0.3 is 4.74 Å². The summed E-state index contributed by atoms with van der Waals surface area (Å²) in [4.78, 5) is 4.11. The van der Waals surface area contributed by atoms with Crippen LogP contribution < -0.4 is 11.3 Å². The summed E-state index contributed by atoms with van der Waals surface area (Å²) in [5.41, 5.74) is 5.38. The molecule has 0 aliphatic carbocycles. The molecule has 1 aliphatic rings. The molecule has 2 rings (SSSR count). The third-order valence-corrected chi connectivity index (χ3v) is 3.06. The van der Waals surface area contributed by atoms with Crippen molar-refractivity contribution in [2.24, 2.45) is 5.84 Å². The van der Waals surface area contributed by atoms with Gasteiger partial charge in [0.1, 0.15) is 0 Å². The normalized spacial score (nSPS) is 17.1. The molecule has 0 bridgehead atoms. The number of ether oxygens (including phenoxy) is 1. The van der Waals surface area contributed by atoms with Gasteiger partial charge in [-0.2, -0.15) is 0 Å². The fraction of sp³-hybridized carbons (Fsp3) is 0.462. The van der Waals surface area contributed by atoms with Crippen molar-refractivity contribution in [2.75, 3.05) is 6.61 Å². The Morgan fingerprint density at radius 2 is 2.47 bits per heavy atom. The zero-order valence-electron chi connectivity index (χ0n) is 9.93. The molecule has 4 heteroatoms. The molecule has 1 unspecified atom stereocenters. The maximum Gasteiger partial charge on any atom is 0.0876 e. The molecule has 1 aliphatic heterocycles. The van der Waals surface area contributed by atoms with Crippen LogP contribution in [-0.2, 0) is 11.2 Å². The lowest BCUT2D eigenvalue weighted by Crippen LogP contribution is -2.37. The Balaban J connectivity index is 1.89. The van der Waals surface area contributed by atoms with Crippen molar-refractivity contribution in [1.29, 1.82) is 0 Å². The Bertz CT molecular complexity index is 364. The van der Waals surface area contributed by atoms with Crippen molar-refractivity contribution in [3.63, 3.8) is 0 Å². The van der Waals surface area contributed by atoms with Crippen molar-refractivity contribution in [3.8, 4) is 0 Å². The Morgan fingerprint density at radius 1 is 1.53 bits per heavy atom. The monoisotopic (exact) mass is 233 g/mol. The van der Waals surface area contributed by atoms with Gasteiger partial charge in [-0.3, -0.25) is 16.3 Å². The smallest absolute Gasteiger partial charge is 0.0876 e. The zero-order valence-corrected chi connectivity index (χ0v) is 9.93. The Labute approximate surface area is 102 Å². The first kappa shape index (κ1) is 12.1. The largest absolute Gasteiger partial charge is 0.501 e. The highest BCUT2D eigenvalue weighted by molar-refractivity contribution is 5.13. The van der Waals surface area contributed by atoms with E-state index >= 15 is 0 Å². The number of rotatable bonds is 5. The molecule has 1 atom stereocenters. The van der Waals surface area contributed by atoms with Crippen molar-refractivity contribution in [1.82, 2.24) is 10.4 Å². The van der Waals surface area contributed by atoms with E-state index in [2.05, 4.69) is 16.5 Å². The summed E-state index contributed by atoms with van der Waals surface area (Å²) in [6.45, 7) is 0.823. The van der Waals surface area contributed by atoms with Gasteiger partial charge in [-0.1, -0.05) is 6.07 Å². The van der Waals surface area contributed by atoms with E-state index in [1.165, 1.54) is 11.1 Å². The molecule has 1 aromatic rings. The van der Waals surface area contributed by atoms with Gasteiger partial charge in [0.15, 0.2) is 0 Å². The lowest BCUT2D eigenvalue weighted by Gasteiger charge is -2.22. The van der Waals surface area contributed by atoms with Crippen LogP contribution in [0.5, 0.6) is 0 Å². The van der Waals surface area contributed by atoms with Crippen LogP contribution in [-0.4, -0.2) is 17.6 Å². The van der Waals surface area contributed by atoms with Crippen LogP contribution in [0.3, 0.4) is 0 Å². The molecule has 0 radical (unpaired) electrons. The zero-order chi connectivity index (χ0) is 11.9. The van der Waals surface area contributed by atoms with E-state index in [1.54, 1.807) is 6.20 Å². The van der Waals surface area contributed by atoms with Crippen LogP contribution in [0, 0.1) is 0 Å². The average Bonchev–Trinajstić information content (AvgIpc) is 2.42. The second-order valence-electron chi connectivity index (χ2n) is 4.29. The molecule has 0 spiro atoms. The molecule has 17 heavy (non-hydrogen) atoms. The number of aryl methyl sites for hydroxylation is 1. The molecular weight excluding hydrogens is 214 g/mol. The number of pyridine rings is 1. The third kappa shape index (κ3) is 3.54. The number of hydrogen-bond donors (Lipinski definition) is 2. The topological polar surface area (TPSA) is 60.2 Å². The van der Waals surface area contributed by atoms with Crippen LogP contribution in [0.25, 0.3) is 0 Å². The number of hydrogen-bond acceptors (Lipinski definition) is 4. The van der Waals surface area contributed by atoms with Gasteiger partial charge in [-0.25, -0.2) is 0 Å². The maximum absolute atomic E-state index is 5.61. The third-order valence-electron chi connectivity index (χ3n) is 3.06. The highest BCUT2D eigenvalue weighted by Gasteiger charge is 2.15. The Morgan fingerprint density at radius 3 is 3.12 bits per heavy atom. The summed E-state index contributed by atoms with van der Waals surface area (Å²) in [6, 6.07) is 4.26. The average molecular weight is 233 g/mol. The molecule has 2 heterocycles. The van der Waals surface area contributed by atoms with Gasteiger partial charge >= 0.3 is 0 Å². The fourth-order valence-electron chi connectivity index (χ4n) is 2.07. The molecule has 3 N–H and O–H groups in total. The van der Waals surface area contributed by atoms with Gasteiger partial charge in [0, 0.05) is 18.4 Å². The second-order valence-corrected chi connectivity index (χ2v) is 4.29. The van der Waals surface area contributed by atoms with Crippen LogP contribution in [0.4, 0.5) is 0 Å². The molecule has 0 saturated heterocycles. The summed E-state index contributed by atoms with van der Waals surface area (Å²) in [7, 11) is 0. The first-order valence-electron chi connectivity index (χ1n) is 6.05. The molecule has 1 aromatic heterocycles. The number of nitrogens with two attached hydrogens (primary N) is 1. The van der Waals surface area contributed by atoms with Crippen molar-refractivity contribution >= 4 is 0 Å². The highest BCUT2D eigenvalue weighted by Crippen LogP contribution is 2.18. The quantitative estimate of drug-likeness (QED) is 0.598. The Kier molecular flexibility index (Phi) is 4.53. The van der Waals surface area contributed by atoms with Crippen LogP contribution in [0.2, 0.25) is 0 Å². The van der Waals surface area contributed by atoms with E-state index in [0.717, 1.165) is 32.3 Å². The van der Waals surface area contributed by atoms with E-state index < -0.39 is 0 Å². The summed E-state index contributed by atoms with van der Waals surface area (Å²) < 4.78 is 5.35. The number of hydrazine groups is 1. The SMILES string of the molecule is NNC(CCc1cccnc1)C1=COCCC1. The van der Waals surface area contributed by atoms with Gasteiger partial charge in [-0.15, -0.1) is 0 Å². The predicted molar refractivity (Wildman–Crippen MR) is 66.9 cm³/mol. The molecule has 92 valence electrons. The summed E-state index contributed by atoms with van der Waals surface area (Å²) in [5.74, 6) is 5.61. The molecule has 4 nitrogen and oxygen atoms in total. The van der Waals surface area contributed by atoms with Crippen molar-refractivity contribution in [3.05, 3.63) is 41.9 Å². The van der Waals surface area contributed by atoms with E-state index in [0.29, 0.717) is 0 Å². The molecule has 0 fully saturated rings. The van der Waals surface area contributed by atoms with Crippen molar-refractivity contribution in [2.45, 2.75) is 31.7 Å². The standard InChI is InChI=1S/C13H19N3O/c14-16-13(12-4-2-8-17-10-12)6-5-11-3-1-7-15-9-11/h1,3,7,9-10,13,16H,2,4-6,8,14H2. The first-order valence-corrected chi connectivity index (χ1v) is 6.05. The van der Waals surface area contributed by atoms with Gasteiger partial charge in [0.25, 0.3) is 0 Å². The van der Waals surface area contributed by atoms with E-state index in [4.69, 9.17) is 10.6 Å². The summed E-state index contributed by atoms with van der Waals surface area (Å²) >= 11 is 0. The fourth-order valence-corrected chi connectivity index (χ4v) is 2.07. The summed E-state index contributed by atoms with van der Waals surface area (Å²) in [5, 5.41) is 0. The molecule has 0 amide bonds. The van der Waals surface area contributed by atoms with Crippen molar-refractivity contribution < 1.29 is 4.74 Å². The van der Waals surface area contributed by atoms with Gasteiger partial charge in [0.05, 0.1) is 12.9 Å². The number of nitrogens with one attached hydrogen (secondary N) is 1. The van der Waals surface area contributed by atoms with Gasteiger partial charge in [-0.05, 0) is 42.9 Å². The van der Waals surface area contributed by atoms with Crippen LogP contribution >= 0.6 is 0 Å². The highest BCUT2D eigenvalue weighted by atomic mass is 16.5.